The van der Waals surface area contributed by atoms with Crippen molar-refractivity contribution in [3.63, 3.8) is 0 Å². The molecule has 0 radical (unpaired) electrons. The second-order valence-corrected chi connectivity index (χ2v) is 7.42. The van der Waals surface area contributed by atoms with Crippen molar-refractivity contribution < 1.29 is 14.3 Å². The summed E-state index contributed by atoms with van der Waals surface area (Å²) in [6.45, 7) is 4.90. The summed E-state index contributed by atoms with van der Waals surface area (Å²) < 4.78 is 5.36. The van der Waals surface area contributed by atoms with Crippen LogP contribution in [0.3, 0.4) is 0 Å². The number of nitrogens with zero attached hydrogens (tertiary/aromatic N) is 1. The Kier molecular flexibility index (Phi) is 7.38. The molecule has 144 valence electrons. The second-order valence-electron chi connectivity index (χ2n) is 6.47. The molecule has 6 nitrogen and oxygen atoms in total. The van der Waals surface area contributed by atoms with Crippen LogP contribution in [0.1, 0.15) is 28.1 Å². The van der Waals surface area contributed by atoms with Crippen LogP contribution >= 0.6 is 11.3 Å². The molecule has 0 aliphatic carbocycles. The van der Waals surface area contributed by atoms with Crippen molar-refractivity contribution in [1.29, 1.82) is 0 Å². The minimum Gasteiger partial charge on any atom is -0.379 e. The minimum atomic E-state index is -0.0822. The number of nitrogens with one attached hydrogen (secondary N) is 2. The van der Waals surface area contributed by atoms with Crippen molar-refractivity contribution in [2.24, 2.45) is 0 Å². The number of rotatable bonds is 8. The highest BCUT2D eigenvalue weighted by Gasteiger charge is 2.11. The van der Waals surface area contributed by atoms with E-state index in [1.54, 1.807) is 6.07 Å². The summed E-state index contributed by atoms with van der Waals surface area (Å²) in [5.74, 6) is -0.123. The highest BCUT2D eigenvalue weighted by molar-refractivity contribution is 7.12. The first-order chi connectivity index (χ1) is 13.2. The maximum absolute atomic E-state index is 12.0. The predicted octanol–water partition coefficient (Wildman–Crippen LogP) is 2.73. The maximum Gasteiger partial charge on any atom is 0.261 e. The molecule has 0 saturated carbocycles. The Labute approximate surface area is 163 Å². The Hall–Kier alpha value is -2.22. The van der Waals surface area contributed by atoms with Gasteiger partial charge in [-0.25, -0.2) is 0 Å². The fourth-order valence-electron chi connectivity index (χ4n) is 2.88. The van der Waals surface area contributed by atoms with Crippen molar-refractivity contribution in [2.75, 3.05) is 38.2 Å². The molecule has 2 heterocycles. The topological polar surface area (TPSA) is 70.7 Å². The fraction of sp³-hybridized carbons (Fsp3) is 0.400. The van der Waals surface area contributed by atoms with Gasteiger partial charge in [-0.2, -0.15) is 0 Å². The van der Waals surface area contributed by atoms with Gasteiger partial charge >= 0.3 is 0 Å². The number of carbonyl (C=O) groups excluding carboxylic acids is 2. The number of ether oxygens (including phenoxy) is 1. The van der Waals surface area contributed by atoms with Gasteiger partial charge in [-0.1, -0.05) is 18.2 Å². The lowest BCUT2D eigenvalue weighted by Crippen LogP contribution is -2.35. The van der Waals surface area contributed by atoms with Crippen LogP contribution in [-0.4, -0.2) is 49.6 Å². The number of anilines is 1. The van der Waals surface area contributed by atoms with Crippen LogP contribution in [0.15, 0.2) is 41.8 Å². The number of morpholine rings is 1. The molecule has 3 rings (SSSR count). The van der Waals surface area contributed by atoms with E-state index in [-0.39, 0.29) is 11.8 Å². The highest BCUT2D eigenvalue weighted by Crippen LogP contribution is 2.13. The van der Waals surface area contributed by atoms with Gasteiger partial charge < -0.3 is 15.4 Å². The predicted molar refractivity (Wildman–Crippen MR) is 107 cm³/mol. The van der Waals surface area contributed by atoms with Crippen molar-refractivity contribution in [1.82, 2.24) is 10.2 Å². The average Bonchev–Trinajstić information content (AvgIpc) is 3.22. The second kappa shape index (κ2) is 10.2. The zero-order chi connectivity index (χ0) is 18.9. The summed E-state index contributed by atoms with van der Waals surface area (Å²) in [6, 6.07) is 11.6. The Balaban J connectivity index is 1.34. The third kappa shape index (κ3) is 6.46. The van der Waals surface area contributed by atoms with Crippen molar-refractivity contribution in [3.05, 3.63) is 52.2 Å². The first kappa shape index (κ1) is 19.5. The largest absolute Gasteiger partial charge is 0.379 e. The first-order valence-electron chi connectivity index (χ1n) is 9.21. The number of benzene rings is 1. The molecular formula is C20H25N3O3S. The molecule has 0 bridgehead atoms. The Bertz CT molecular complexity index is 725. The Morgan fingerprint density at radius 3 is 2.59 bits per heavy atom. The standard InChI is InChI=1S/C20H25N3O3S/c24-19(4-1-9-21-20(25)18-3-2-14-27-18)22-17-7-5-16(6-8-17)15-23-10-12-26-13-11-23/h2-3,5-8,14H,1,4,9-13,15H2,(H,21,25)(H,22,24). The molecule has 1 fully saturated rings. The molecule has 1 saturated heterocycles. The zero-order valence-corrected chi connectivity index (χ0v) is 16.1. The van der Waals surface area contributed by atoms with Gasteiger partial charge in [-0.3, -0.25) is 14.5 Å². The number of thiophene rings is 1. The van der Waals surface area contributed by atoms with E-state index in [4.69, 9.17) is 4.74 Å². The summed E-state index contributed by atoms with van der Waals surface area (Å²) >= 11 is 1.41. The summed E-state index contributed by atoms with van der Waals surface area (Å²) in [4.78, 5) is 26.9. The van der Waals surface area contributed by atoms with E-state index in [0.717, 1.165) is 38.5 Å². The van der Waals surface area contributed by atoms with E-state index in [1.165, 1.54) is 16.9 Å². The van der Waals surface area contributed by atoms with Gasteiger partial charge in [0.2, 0.25) is 5.91 Å². The molecule has 2 N–H and O–H groups in total. The highest BCUT2D eigenvalue weighted by atomic mass is 32.1. The van der Waals surface area contributed by atoms with Crippen LogP contribution < -0.4 is 10.6 Å². The molecule has 27 heavy (non-hydrogen) atoms. The van der Waals surface area contributed by atoms with Crippen molar-refractivity contribution >= 4 is 28.8 Å². The zero-order valence-electron chi connectivity index (χ0n) is 15.3. The van der Waals surface area contributed by atoms with E-state index in [1.807, 2.05) is 35.7 Å². The lowest BCUT2D eigenvalue weighted by Gasteiger charge is -2.26. The number of amides is 2. The van der Waals surface area contributed by atoms with E-state index in [0.29, 0.717) is 24.3 Å². The van der Waals surface area contributed by atoms with Gasteiger partial charge in [0.25, 0.3) is 5.91 Å². The molecule has 1 aliphatic rings. The first-order valence-corrected chi connectivity index (χ1v) is 10.1. The number of carbonyl (C=O) groups is 2. The molecule has 0 spiro atoms. The van der Waals surface area contributed by atoms with Gasteiger partial charge in [0.15, 0.2) is 0 Å². The normalized spacial score (nSPS) is 14.7. The monoisotopic (exact) mass is 387 g/mol. The molecule has 1 aliphatic heterocycles. The van der Waals surface area contributed by atoms with Gasteiger partial charge in [-0.15, -0.1) is 11.3 Å². The quantitative estimate of drug-likeness (QED) is 0.684. The molecule has 0 atom stereocenters. The summed E-state index contributed by atoms with van der Waals surface area (Å²) in [5.41, 5.74) is 2.03. The summed E-state index contributed by atoms with van der Waals surface area (Å²) in [7, 11) is 0. The fourth-order valence-corrected chi connectivity index (χ4v) is 3.52. The lowest BCUT2D eigenvalue weighted by molar-refractivity contribution is -0.116. The molecular weight excluding hydrogens is 362 g/mol. The number of hydrogen-bond donors (Lipinski definition) is 2. The molecule has 0 unspecified atom stereocenters. The van der Waals surface area contributed by atoms with E-state index in [9.17, 15) is 9.59 Å². The Morgan fingerprint density at radius 1 is 1.11 bits per heavy atom. The molecule has 2 aromatic rings. The lowest BCUT2D eigenvalue weighted by atomic mass is 10.2. The molecule has 1 aromatic heterocycles. The Morgan fingerprint density at radius 2 is 1.89 bits per heavy atom. The maximum atomic E-state index is 12.0. The summed E-state index contributed by atoms with van der Waals surface area (Å²) in [6.07, 6.45) is 0.984. The van der Waals surface area contributed by atoms with Gasteiger partial charge in [0.05, 0.1) is 18.1 Å². The minimum absolute atomic E-state index is 0.0405. The molecule has 1 aromatic carbocycles. The van der Waals surface area contributed by atoms with Crippen LogP contribution in [0, 0.1) is 0 Å². The van der Waals surface area contributed by atoms with Crippen molar-refractivity contribution in [3.8, 4) is 0 Å². The van der Waals surface area contributed by atoms with Gasteiger partial charge in [0, 0.05) is 38.3 Å². The molecule has 7 heteroatoms. The third-order valence-electron chi connectivity index (χ3n) is 4.36. The average molecular weight is 388 g/mol. The van der Waals surface area contributed by atoms with Crippen LogP contribution in [0.25, 0.3) is 0 Å². The van der Waals surface area contributed by atoms with Crippen LogP contribution in [-0.2, 0) is 16.1 Å². The van der Waals surface area contributed by atoms with Gasteiger partial charge in [0.1, 0.15) is 0 Å². The van der Waals surface area contributed by atoms with E-state index in [2.05, 4.69) is 15.5 Å². The van der Waals surface area contributed by atoms with Crippen LogP contribution in [0.2, 0.25) is 0 Å². The van der Waals surface area contributed by atoms with Crippen LogP contribution in [0.5, 0.6) is 0 Å². The smallest absolute Gasteiger partial charge is 0.261 e. The van der Waals surface area contributed by atoms with E-state index >= 15 is 0 Å². The van der Waals surface area contributed by atoms with Crippen LogP contribution in [0.4, 0.5) is 5.69 Å². The molecule has 2 amide bonds. The van der Waals surface area contributed by atoms with Crippen molar-refractivity contribution in [2.45, 2.75) is 19.4 Å². The SMILES string of the molecule is O=C(CCCNC(=O)c1cccs1)Nc1ccc(CN2CCOCC2)cc1. The summed E-state index contributed by atoms with van der Waals surface area (Å²) in [5, 5.41) is 7.60. The number of hydrogen-bond acceptors (Lipinski definition) is 5. The van der Waals surface area contributed by atoms with Gasteiger partial charge in [-0.05, 0) is 35.6 Å². The van der Waals surface area contributed by atoms with E-state index < -0.39 is 0 Å². The third-order valence-corrected chi connectivity index (χ3v) is 5.23.